The fourth-order valence-corrected chi connectivity index (χ4v) is 3.85. The van der Waals surface area contributed by atoms with E-state index < -0.39 is 18.0 Å². The molecule has 0 saturated carbocycles. The zero-order chi connectivity index (χ0) is 21.8. The third-order valence-corrected chi connectivity index (χ3v) is 5.52. The van der Waals surface area contributed by atoms with Gasteiger partial charge in [0, 0.05) is 11.3 Å². The Morgan fingerprint density at radius 2 is 1.84 bits per heavy atom. The zero-order valence-corrected chi connectivity index (χ0v) is 17.5. The summed E-state index contributed by atoms with van der Waals surface area (Å²) in [6, 6.07) is 18.7. The van der Waals surface area contributed by atoms with E-state index in [1.54, 1.807) is 17.5 Å². The highest BCUT2D eigenvalue weighted by Crippen LogP contribution is 2.27. The van der Waals surface area contributed by atoms with Gasteiger partial charge >= 0.3 is 5.97 Å². The number of esters is 1. The average Bonchev–Trinajstić information content (AvgIpc) is 3.26. The van der Waals surface area contributed by atoms with Crippen LogP contribution in [0.2, 0.25) is 0 Å². The highest BCUT2D eigenvalue weighted by molar-refractivity contribution is 7.16. The molecule has 0 aliphatic heterocycles. The molecule has 2 heterocycles. The Hall–Kier alpha value is -3.78. The van der Waals surface area contributed by atoms with Gasteiger partial charge in [0.05, 0.1) is 11.7 Å². The van der Waals surface area contributed by atoms with Crippen LogP contribution in [-0.4, -0.2) is 27.5 Å². The van der Waals surface area contributed by atoms with E-state index in [0.29, 0.717) is 15.9 Å². The summed E-state index contributed by atoms with van der Waals surface area (Å²) >= 11 is 1.35. The first kappa shape index (κ1) is 20.5. The van der Waals surface area contributed by atoms with Crippen molar-refractivity contribution in [3.05, 3.63) is 82.7 Å². The van der Waals surface area contributed by atoms with Gasteiger partial charge in [-0.2, -0.15) is 0 Å². The number of thiophene rings is 1. The van der Waals surface area contributed by atoms with Crippen molar-refractivity contribution in [2.75, 3.05) is 5.32 Å². The van der Waals surface area contributed by atoms with Gasteiger partial charge in [-0.3, -0.25) is 19.0 Å². The molecule has 31 heavy (non-hydrogen) atoms. The Labute approximate surface area is 181 Å². The standard InChI is InChI=1S/C23H19N3O4S/c1-15(30-20(27)13-26-14-24-22-18(23(26)29)11-12-31-22)21(28)25-19-10-6-5-9-17(19)16-7-3-2-4-8-16/h2-12,14-15H,13H2,1H3,(H,25,28)/t15-/m1/s1. The largest absolute Gasteiger partial charge is 0.451 e. The minimum Gasteiger partial charge on any atom is -0.451 e. The highest BCUT2D eigenvalue weighted by Gasteiger charge is 2.20. The Bertz CT molecular complexity index is 1300. The van der Waals surface area contributed by atoms with Gasteiger partial charge in [0.15, 0.2) is 6.10 Å². The van der Waals surface area contributed by atoms with Crippen LogP contribution in [0.4, 0.5) is 5.69 Å². The maximum atomic E-state index is 12.6. The van der Waals surface area contributed by atoms with Crippen molar-refractivity contribution < 1.29 is 14.3 Å². The summed E-state index contributed by atoms with van der Waals surface area (Å²) in [5.41, 5.74) is 2.11. The van der Waals surface area contributed by atoms with Crippen LogP contribution in [0.1, 0.15) is 6.92 Å². The number of carbonyl (C=O) groups excluding carboxylic acids is 2. The van der Waals surface area contributed by atoms with Crippen molar-refractivity contribution in [2.45, 2.75) is 19.6 Å². The molecule has 4 aromatic rings. The van der Waals surface area contributed by atoms with Crippen LogP contribution in [0, 0.1) is 0 Å². The second-order valence-corrected chi connectivity index (χ2v) is 7.74. The van der Waals surface area contributed by atoms with Gasteiger partial charge in [0.2, 0.25) is 0 Å². The summed E-state index contributed by atoms with van der Waals surface area (Å²) in [4.78, 5) is 42.1. The number of fused-ring (bicyclic) bond motifs is 1. The number of anilines is 1. The van der Waals surface area contributed by atoms with Crippen LogP contribution in [0.25, 0.3) is 21.3 Å². The summed E-state index contributed by atoms with van der Waals surface area (Å²) in [7, 11) is 0. The molecule has 7 nitrogen and oxygen atoms in total. The number of benzene rings is 2. The number of carbonyl (C=O) groups is 2. The van der Waals surface area contributed by atoms with Crippen LogP contribution in [-0.2, 0) is 20.9 Å². The number of nitrogens with zero attached hydrogens (tertiary/aromatic N) is 2. The van der Waals surface area contributed by atoms with Crippen molar-refractivity contribution in [1.29, 1.82) is 0 Å². The number of ether oxygens (including phenoxy) is 1. The lowest BCUT2D eigenvalue weighted by atomic mass is 10.0. The lowest BCUT2D eigenvalue weighted by molar-refractivity contribution is -0.153. The summed E-state index contributed by atoms with van der Waals surface area (Å²) in [6.45, 7) is 1.16. The van der Waals surface area contributed by atoms with E-state index in [1.165, 1.54) is 29.2 Å². The van der Waals surface area contributed by atoms with Gasteiger partial charge in [-0.05, 0) is 30.0 Å². The van der Waals surface area contributed by atoms with E-state index in [9.17, 15) is 14.4 Å². The topological polar surface area (TPSA) is 90.3 Å². The first-order valence-corrected chi connectivity index (χ1v) is 10.5. The number of rotatable bonds is 6. The van der Waals surface area contributed by atoms with E-state index in [0.717, 1.165) is 11.1 Å². The van der Waals surface area contributed by atoms with Crippen LogP contribution in [0.3, 0.4) is 0 Å². The third kappa shape index (κ3) is 4.54. The number of hydrogen-bond donors (Lipinski definition) is 1. The van der Waals surface area contributed by atoms with Gasteiger partial charge in [0.25, 0.3) is 11.5 Å². The van der Waals surface area contributed by atoms with Gasteiger partial charge < -0.3 is 10.1 Å². The van der Waals surface area contributed by atoms with E-state index in [1.807, 2.05) is 48.5 Å². The third-order valence-electron chi connectivity index (χ3n) is 4.70. The lowest BCUT2D eigenvalue weighted by Crippen LogP contribution is -2.33. The first-order chi connectivity index (χ1) is 15.0. The van der Waals surface area contributed by atoms with E-state index in [-0.39, 0.29) is 12.1 Å². The number of hydrogen-bond acceptors (Lipinski definition) is 6. The van der Waals surface area contributed by atoms with Crippen molar-refractivity contribution >= 4 is 39.1 Å². The minimum atomic E-state index is -1.04. The second-order valence-electron chi connectivity index (χ2n) is 6.85. The minimum absolute atomic E-state index is 0.322. The number of aromatic nitrogens is 2. The number of amides is 1. The number of para-hydroxylation sites is 1. The maximum absolute atomic E-state index is 12.6. The molecule has 1 atom stereocenters. The van der Waals surface area contributed by atoms with E-state index in [4.69, 9.17) is 4.74 Å². The van der Waals surface area contributed by atoms with Gasteiger partial charge in [-0.15, -0.1) is 11.3 Å². The average molecular weight is 433 g/mol. The van der Waals surface area contributed by atoms with Crippen LogP contribution >= 0.6 is 11.3 Å². The maximum Gasteiger partial charge on any atom is 0.326 e. The molecule has 0 spiro atoms. The molecule has 4 rings (SSSR count). The molecule has 1 N–H and O–H groups in total. The quantitative estimate of drug-likeness (QED) is 0.468. The Kier molecular flexibility index (Phi) is 5.90. The molecular formula is C23H19N3O4S. The molecule has 0 unspecified atom stereocenters. The predicted octanol–water partition coefficient (Wildman–Crippen LogP) is 3.70. The Morgan fingerprint density at radius 3 is 2.65 bits per heavy atom. The van der Waals surface area contributed by atoms with E-state index in [2.05, 4.69) is 10.3 Å². The molecule has 2 aromatic carbocycles. The van der Waals surface area contributed by atoms with E-state index >= 15 is 0 Å². The fourth-order valence-electron chi connectivity index (χ4n) is 3.13. The predicted molar refractivity (Wildman–Crippen MR) is 120 cm³/mol. The molecule has 0 bridgehead atoms. The first-order valence-electron chi connectivity index (χ1n) is 9.60. The molecule has 0 radical (unpaired) electrons. The Morgan fingerprint density at radius 1 is 1.10 bits per heavy atom. The van der Waals surface area contributed by atoms with Crippen LogP contribution < -0.4 is 10.9 Å². The van der Waals surface area contributed by atoms with Crippen LogP contribution in [0.15, 0.2) is 77.2 Å². The summed E-state index contributed by atoms with van der Waals surface area (Å²) in [5, 5.41) is 5.03. The Balaban J connectivity index is 1.43. The zero-order valence-electron chi connectivity index (χ0n) is 16.6. The van der Waals surface area contributed by atoms with Crippen LogP contribution in [0.5, 0.6) is 0 Å². The smallest absolute Gasteiger partial charge is 0.326 e. The molecule has 1 amide bonds. The summed E-state index contributed by atoms with van der Waals surface area (Å²) < 4.78 is 6.42. The fraction of sp³-hybridized carbons (Fsp3) is 0.130. The highest BCUT2D eigenvalue weighted by atomic mass is 32.1. The molecule has 0 aliphatic rings. The molecule has 0 aliphatic carbocycles. The summed E-state index contributed by atoms with van der Waals surface area (Å²) in [6.07, 6.45) is 0.272. The monoisotopic (exact) mass is 433 g/mol. The normalized spacial score (nSPS) is 11.8. The molecule has 0 saturated heterocycles. The van der Waals surface area contributed by atoms with Crippen molar-refractivity contribution in [3.8, 4) is 11.1 Å². The molecular weight excluding hydrogens is 414 g/mol. The molecule has 0 fully saturated rings. The van der Waals surface area contributed by atoms with Gasteiger partial charge in [0.1, 0.15) is 11.4 Å². The van der Waals surface area contributed by atoms with Crippen molar-refractivity contribution in [2.24, 2.45) is 0 Å². The molecule has 8 heteroatoms. The molecule has 2 aromatic heterocycles. The van der Waals surface area contributed by atoms with Gasteiger partial charge in [-0.25, -0.2) is 4.98 Å². The number of nitrogens with one attached hydrogen (secondary N) is 1. The molecule has 156 valence electrons. The summed E-state index contributed by atoms with van der Waals surface area (Å²) in [5.74, 6) is -1.16. The second kappa shape index (κ2) is 8.93. The van der Waals surface area contributed by atoms with Crippen molar-refractivity contribution in [3.63, 3.8) is 0 Å². The van der Waals surface area contributed by atoms with Gasteiger partial charge in [-0.1, -0.05) is 48.5 Å². The lowest BCUT2D eigenvalue weighted by Gasteiger charge is -2.16. The SMILES string of the molecule is C[C@@H](OC(=O)Cn1cnc2sccc2c1=O)C(=O)Nc1ccccc1-c1ccccc1. The van der Waals surface area contributed by atoms with Crippen molar-refractivity contribution in [1.82, 2.24) is 9.55 Å².